The Bertz CT molecular complexity index is 1060. The number of nitrogens with zero attached hydrogens (tertiary/aromatic N) is 1. The van der Waals surface area contributed by atoms with Crippen LogP contribution in [0.15, 0.2) is 54.7 Å². The molecule has 0 fully saturated rings. The third-order valence-corrected chi connectivity index (χ3v) is 6.28. The van der Waals surface area contributed by atoms with Crippen LogP contribution in [0.25, 0.3) is 31.4 Å². The topological polar surface area (TPSA) is 3.88 Å². The van der Waals surface area contributed by atoms with E-state index in [1.807, 2.05) is 11.3 Å². The molecule has 22 heavy (non-hydrogen) atoms. The Kier molecular flexibility index (Phi) is 2.35. The van der Waals surface area contributed by atoms with Crippen molar-refractivity contribution in [2.24, 2.45) is 0 Å². The summed E-state index contributed by atoms with van der Waals surface area (Å²) in [5.74, 6) is 0. The molecule has 1 aliphatic heterocycles. The molecule has 0 spiro atoms. The third kappa shape index (κ3) is 1.41. The molecule has 1 unspecified atom stereocenters. The fourth-order valence-corrected chi connectivity index (χ4v) is 5.12. The van der Waals surface area contributed by atoms with Crippen molar-refractivity contribution in [2.45, 2.75) is 19.9 Å². The Hall–Kier alpha value is -2.19. The smallest absolute Gasteiger partial charge is 0.191 e. The summed E-state index contributed by atoms with van der Waals surface area (Å²) in [4.78, 5) is 0. The molecule has 0 aliphatic carbocycles. The lowest BCUT2D eigenvalue weighted by Crippen LogP contribution is -2.35. The van der Waals surface area contributed by atoms with Crippen LogP contribution in [0.2, 0.25) is 0 Å². The summed E-state index contributed by atoms with van der Waals surface area (Å²) in [5, 5.41) is 2.79. The van der Waals surface area contributed by atoms with E-state index in [1.54, 1.807) is 0 Å². The average molecular weight is 302 g/mol. The lowest BCUT2D eigenvalue weighted by molar-refractivity contribution is -0.694. The lowest BCUT2D eigenvalue weighted by atomic mass is 10.00. The molecule has 1 aliphatic rings. The standard InChI is InChI=1S/C20H16NS/c1-12-6-5-7-15-16-10-9-14-13(2)21-11-4-3-8-17(21)18(14)20(16)22-19(12)15/h3-11,13H,1-2H3/q+1. The van der Waals surface area contributed by atoms with Crippen LogP contribution in [-0.2, 0) is 0 Å². The van der Waals surface area contributed by atoms with Crippen molar-refractivity contribution in [1.82, 2.24) is 0 Å². The summed E-state index contributed by atoms with van der Waals surface area (Å²) in [6.07, 6.45) is 2.20. The molecule has 0 saturated carbocycles. The van der Waals surface area contributed by atoms with E-state index < -0.39 is 0 Å². The molecule has 2 heteroatoms. The fourth-order valence-electron chi connectivity index (χ4n) is 3.79. The van der Waals surface area contributed by atoms with Crippen LogP contribution >= 0.6 is 11.3 Å². The van der Waals surface area contributed by atoms with Gasteiger partial charge in [-0.05, 0) is 18.6 Å². The lowest BCUT2D eigenvalue weighted by Gasteiger charge is -2.00. The molecule has 2 aromatic heterocycles. The zero-order valence-corrected chi connectivity index (χ0v) is 13.4. The zero-order valence-electron chi connectivity index (χ0n) is 12.6. The van der Waals surface area contributed by atoms with Crippen molar-refractivity contribution in [2.75, 3.05) is 0 Å². The van der Waals surface area contributed by atoms with Crippen LogP contribution in [0.4, 0.5) is 0 Å². The van der Waals surface area contributed by atoms with Gasteiger partial charge in [-0.15, -0.1) is 11.3 Å². The van der Waals surface area contributed by atoms with E-state index in [4.69, 9.17) is 0 Å². The number of hydrogen-bond acceptors (Lipinski definition) is 1. The van der Waals surface area contributed by atoms with E-state index in [-0.39, 0.29) is 0 Å². The van der Waals surface area contributed by atoms with E-state index in [1.165, 1.54) is 42.6 Å². The minimum absolute atomic E-state index is 0.418. The number of fused-ring (bicyclic) bond motifs is 7. The highest BCUT2D eigenvalue weighted by Crippen LogP contribution is 2.45. The van der Waals surface area contributed by atoms with Crippen LogP contribution in [0.3, 0.4) is 0 Å². The van der Waals surface area contributed by atoms with Crippen LogP contribution < -0.4 is 4.57 Å². The van der Waals surface area contributed by atoms with Gasteiger partial charge in [0.2, 0.25) is 5.69 Å². The molecule has 5 rings (SSSR count). The largest absolute Gasteiger partial charge is 0.214 e. The first-order valence-corrected chi connectivity index (χ1v) is 8.52. The van der Waals surface area contributed by atoms with Crippen LogP contribution in [0.1, 0.15) is 24.1 Å². The Morgan fingerprint density at radius 2 is 1.77 bits per heavy atom. The Morgan fingerprint density at radius 3 is 2.68 bits per heavy atom. The van der Waals surface area contributed by atoms with Gasteiger partial charge in [-0.3, -0.25) is 0 Å². The number of thiophene rings is 1. The number of rotatable bonds is 0. The maximum Gasteiger partial charge on any atom is 0.214 e. The van der Waals surface area contributed by atoms with E-state index in [2.05, 4.69) is 73.1 Å². The van der Waals surface area contributed by atoms with E-state index >= 15 is 0 Å². The molecule has 0 saturated heterocycles. The zero-order chi connectivity index (χ0) is 14.8. The SMILES string of the molecule is Cc1cccc2c1sc1c3c(ccc12)C(C)[n+]1ccccc1-3. The maximum absolute atomic E-state index is 2.39. The minimum atomic E-state index is 0.418. The molecular weight excluding hydrogens is 286 g/mol. The predicted molar refractivity (Wildman–Crippen MR) is 93.5 cm³/mol. The first kappa shape index (κ1) is 12.4. The monoisotopic (exact) mass is 302 g/mol. The molecule has 3 heterocycles. The highest BCUT2D eigenvalue weighted by Gasteiger charge is 2.34. The Balaban J connectivity index is 2.00. The van der Waals surface area contributed by atoms with Gasteiger partial charge in [-0.1, -0.05) is 30.3 Å². The van der Waals surface area contributed by atoms with Gasteiger partial charge < -0.3 is 0 Å². The molecule has 2 aromatic carbocycles. The number of benzene rings is 2. The molecular formula is C20H16NS+. The molecule has 1 nitrogen and oxygen atoms in total. The third-order valence-electron chi connectivity index (χ3n) is 4.91. The van der Waals surface area contributed by atoms with Crippen molar-refractivity contribution in [3.63, 3.8) is 0 Å². The van der Waals surface area contributed by atoms with Crippen molar-refractivity contribution in [1.29, 1.82) is 0 Å². The quantitative estimate of drug-likeness (QED) is 0.391. The second-order valence-corrected chi connectivity index (χ2v) is 7.15. The summed E-state index contributed by atoms with van der Waals surface area (Å²) in [6, 6.07) is 18.2. The Labute approximate surface area is 133 Å². The summed E-state index contributed by atoms with van der Waals surface area (Å²) in [7, 11) is 0. The molecule has 0 bridgehead atoms. The van der Waals surface area contributed by atoms with Gasteiger partial charge in [0, 0.05) is 44.8 Å². The van der Waals surface area contributed by atoms with Crippen molar-refractivity contribution >= 4 is 31.5 Å². The van der Waals surface area contributed by atoms with Gasteiger partial charge in [-0.25, -0.2) is 0 Å². The van der Waals surface area contributed by atoms with Crippen molar-refractivity contribution in [3.05, 3.63) is 65.9 Å². The molecule has 0 radical (unpaired) electrons. The van der Waals surface area contributed by atoms with Crippen molar-refractivity contribution in [3.8, 4) is 11.3 Å². The second kappa shape index (κ2) is 4.17. The highest BCUT2D eigenvalue weighted by atomic mass is 32.1. The Morgan fingerprint density at radius 1 is 0.909 bits per heavy atom. The van der Waals surface area contributed by atoms with Crippen LogP contribution in [-0.4, -0.2) is 0 Å². The minimum Gasteiger partial charge on any atom is -0.191 e. The number of aromatic nitrogens is 1. The highest BCUT2D eigenvalue weighted by molar-refractivity contribution is 7.26. The normalized spacial score (nSPS) is 16.2. The molecule has 106 valence electrons. The maximum atomic E-state index is 2.39. The summed E-state index contributed by atoms with van der Waals surface area (Å²) >= 11 is 1.95. The first-order chi connectivity index (χ1) is 10.8. The van der Waals surface area contributed by atoms with Gasteiger partial charge in [-0.2, -0.15) is 4.57 Å². The molecule has 4 aromatic rings. The van der Waals surface area contributed by atoms with Gasteiger partial charge in [0.05, 0.1) is 5.56 Å². The number of aryl methyl sites for hydroxylation is 1. The predicted octanol–water partition coefficient (Wildman–Crippen LogP) is 5.24. The van der Waals surface area contributed by atoms with E-state index in [9.17, 15) is 0 Å². The first-order valence-electron chi connectivity index (χ1n) is 7.71. The van der Waals surface area contributed by atoms with E-state index in [0.29, 0.717) is 6.04 Å². The van der Waals surface area contributed by atoms with Crippen molar-refractivity contribution < 1.29 is 4.57 Å². The average Bonchev–Trinajstić information content (AvgIpc) is 3.06. The number of hydrogen-bond donors (Lipinski definition) is 0. The fraction of sp³-hybridized carbons (Fsp3) is 0.150. The van der Waals surface area contributed by atoms with Crippen LogP contribution in [0, 0.1) is 6.92 Å². The van der Waals surface area contributed by atoms with Gasteiger partial charge in [0.1, 0.15) is 0 Å². The van der Waals surface area contributed by atoms with Gasteiger partial charge in [0.15, 0.2) is 12.2 Å². The van der Waals surface area contributed by atoms with Crippen LogP contribution in [0.5, 0.6) is 0 Å². The summed E-state index contributed by atoms with van der Waals surface area (Å²) in [6.45, 7) is 4.50. The van der Waals surface area contributed by atoms with E-state index in [0.717, 1.165) is 0 Å². The van der Waals surface area contributed by atoms with Gasteiger partial charge in [0.25, 0.3) is 0 Å². The molecule has 1 atom stereocenters. The summed E-state index contributed by atoms with van der Waals surface area (Å²) in [5.41, 5.74) is 5.60. The second-order valence-electron chi connectivity index (χ2n) is 6.13. The number of pyridine rings is 1. The summed E-state index contributed by atoms with van der Waals surface area (Å²) < 4.78 is 5.25. The van der Waals surface area contributed by atoms with Gasteiger partial charge >= 0.3 is 0 Å². The molecule has 0 amide bonds. The molecule has 0 N–H and O–H groups in total.